The summed E-state index contributed by atoms with van der Waals surface area (Å²) < 4.78 is 1.45. The van der Waals surface area contributed by atoms with Crippen LogP contribution in [0.3, 0.4) is 0 Å². The predicted molar refractivity (Wildman–Crippen MR) is 126 cm³/mol. The molecule has 0 aliphatic rings. The van der Waals surface area contributed by atoms with Crippen molar-refractivity contribution in [2.75, 3.05) is 10.7 Å². The Morgan fingerprint density at radius 2 is 2.00 bits per heavy atom. The van der Waals surface area contributed by atoms with Crippen molar-refractivity contribution in [2.45, 2.75) is 24.8 Å². The summed E-state index contributed by atoms with van der Waals surface area (Å²) in [6.07, 6.45) is 0. The first-order chi connectivity index (χ1) is 14.9. The van der Waals surface area contributed by atoms with Gasteiger partial charge in [-0.3, -0.25) is 9.69 Å². The van der Waals surface area contributed by atoms with Gasteiger partial charge in [0.2, 0.25) is 11.1 Å². The SMILES string of the molecule is CC(=O)N(c1cccc(C)c1)c1nc(CSc2nnc(-c3ccc(Cl)cc3)n2N)cs1. The number of carbonyl (C=O) groups is 1. The molecule has 7 nitrogen and oxygen atoms in total. The number of hydrogen-bond donors (Lipinski definition) is 1. The number of rotatable bonds is 6. The summed E-state index contributed by atoms with van der Waals surface area (Å²) in [5.74, 6) is 7.20. The minimum absolute atomic E-state index is 0.0894. The maximum Gasteiger partial charge on any atom is 0.230 e. The quantitative estimate of drug-likeness (QED) is 0.313. The highest BCUT2D eigenvalue weighted by Gasteiger charge is 2.19. The summed E-state index contributed by atoms with van der Waals surface area (Å²) in [6, 6.07) is 15.0. The number of aryl methyl sites for hydroxylation is 1. The van der Waals surface area contributed by atoms with Gasteiger partial charge in [-0.1, -0.05) is 35.5 Å². The van der Waals surface area contributed by atoms with Gasteiger partial charge in [0.15, 0.2) is 11.0 Å². The van der Waals surface area contributed by atoms with Crippen LogP contribution >= 0.6 is 34.7 Å². The van der Waals surface area contributed by atoms with Gasteiger partial charge in [0.25, 0.3) is 0 Å². The number of aromatic nitrogens is 4. The molecule has 2 aromatic heterocycles. The highest BCUT2D eigenvalue weighted by atomic mass is 35.5. The van der Waals surface area contributed by atoms with E-state index in [2.05, 4.69) is 15.2 Å². The zero-order chi connectivity index (χ0) is 22.0. The number of thiazole rings is 1. The second-order valence-corrected chi connectivity index (χ2v) is 9.00. The molecule has 0 atom stereocenters. The zero-order valence-corrected chi connectivity index (χ0v) is 19.2. The Morgan fingerprint density at radius 1 is 1.23 bits per heavy atom. The number of thioether (sulfide) groups is 1. The van der Waals surface area contributed by atoms with E-state index in [-0.39, 0.29) is 5.91 Å². The van der Waals surface area contributed by atoms with Gasteiger partial charge in [-0.2, -0.15) is 0 Å². The lowest BCUT2D eigenvalue weighted by atomic mass is 10.2. The molecule has 2 heterocycles. The lowest BCUT2D eigenvalue weighted by Gasteiger charge is -2.18. The topological polar surface area (TPSA) is 89.9 Å². The first-order valence-electron chi connectivity index (χ1n) is 9.33. The summed E-state index contributed by atoms with van der Waals surface area (Å²) in [7, 11) is 0. The van der Waals surface area contributed by atoms with Gasteiger partial charge in [-0.05, 0) is 48.9 Å². The summed E-state index contributed by atoms with van der Waals surface area (Å²) in [6.45, 7) is 3.53. The summed E-state index contributed by atoms with van der Waals surface area (Å²) in [4.78, 5) is 18.6. The lowest BCUT2D eigenvalue weighted by Crippen LogP contribution is -2.22. The first-order valence-corrected chi connectivity index (χ1v) is 11.6. The van der Waals surface area contributed by atoms with Gasteiger partial charge < -0.3 is 5.84 Å². The molecule has 2 aromatic carbocycles. The average molecular weight is 471 g/mol. The Morgan fingerprint density at radius 3 is 2.71 bits per heavy atom. The minimum Gasteiger partial charge on any atom is -0.335 e. The lowest BCUT2D eigenvalue weighted by molar-refractivity contribution is -0.115. The largest absolute Gasteiger partial charge is 0.335 e. The van der Waals surface area contributed by atoms with Crippen LogP contribution in [0.25, 0.3) is 11.4 Å². The molecule has 0 spiro atoms. The molecule has 4 rings (SSSR count). The molecule has 1 amide bonds. The molecule has 158 valence electrons. The molecular formula is C21H19ClN6OS2. The molecule has 4 aromatic rings. The summed E-state index contributed by atoms with van der Waals surface area (Å²) in [5.41, 5.74) is 3.54. The van der Waals surface area contributed by atoms with Crippen LogP contribution in [-0.4, -0.2) is 25.8 Å². The van der Waals surface area contributed by atoms with Crippen LogP contribution in [0.1, 0.15) is 18.2 Å². The van der Waals surface area contributed by atoms with Gasteiger partial charge in [0, 0.05) is 28.6 Å². The van der Waals surface area contributed by atoms with Gasteiger partial charge >= 0.3 is 0 Å². The molecule has 0 fully saturated rings. The van der Waals surface area contributed by atoms with E-state index >= 15 is 0 Å². The maximum atomic E-state index is 12.3. The number of anilines is 2. The Bertz CT molecular complexity index is 1220. The van der Waals surface area contributed by atoms with Crippen molar-refractivity contribution in [1.29, 1.82) is 0 Å². The van der Waals surface area contributed by atoms with E-state index in [4.69, 9.17) is 17.4 Å². The third kappa shape index (κ3) is 4.73. The van der Waals surface area contributed by atoms with E-state index in [1.54, 1.807) is 17.0 Å². The number of halogens is 1. The zero-order valence-electron chi connectivity index (χ0n) is 16.8. The van der Waals surface area contributed by atoms with Crippen LogP contribution in [0.15, 0.2) is 59.1 Å². The van der Waals surface area contributed by atoms with Gasteiger partial charge in [-0.25, -0.2) is 9.66 Å². The van der Waals surface area contributed by atoms with E-state index < -0.39 is 0 Å². The third-order valence-electron chi connectivity index (χ3n) is 4.42. The van der Waals surface area contributed by atoms with Gasteiger partial charge in [-0.15, -0.1) is 21.5 Å². The van der Waals surface area contributed by atoms with Crippen molar-refractivity contribution < 1.29 is 4.79 Å². The Labute approximate surface area is 192 Å². The van der Waals surface area contributed by atoms with Gasteiger partial charge in [0.05, 0.1) is 11.4 Å². The molecule has 0 saturated heterocycles. The van der Waals surface area contributed by atoms with E-state index in [0.29, 0.717) is 26.9 Å². The Kier molecular flexibility index (Phi) is 6.26. The molecule has 31 heavy (non-hydrogen) atoms. The van der Waals surface area contributed by atoms with E-state index in [1.807, 2.05) is 48.7 Å². The van der Waals surface area contributed by atoms with Crippen molar-refractivity contribution in [1.82, 2.24) is 19.9 Å². The second kappa shape index (κ2) is 9.09. The highest BCUT2D eigenvalue weighted by Crippen LogP contribution is 2.31. The number of amides is 1. The van der Waals surface area contributed by atoms with Crippen LogP contribution in [-0.2, 0) is 10.5 Å². The monoisotopic (exact) mass is 470 g/mol. The molecule has 0 bridgehead atoms. The van der Waals surface area contributed by atoms with Crippen molar-refractivity contribution in [2.24, 2.45) is 0 Å². The van der Waals surface area contributed by atoms with Crippen molar-refractivity contribution >= 4 is 51.4 Å². The number of nitrogens with zero attached hydrogens (tertiary/aromatic N) is 5. The maximum absolute atomic E-state index is 12.3. The second-order valence-electron chi connectivity index (χ2n) is 6.79. The predicted octanol–water partition coefficient (Wildman–Crippen LogP) is 5.05. The fourth-order valence-corrected chi connectivity index (χ4v) is 4.84. The average Bonchev–Trinajstić information content (AvgIpc) is 3.34. The molecule has 0 radical (unpaired) electrons. The van der Waals surface area contributed by atoms with Crippen LogP contribution in [0, 0.1) is 6.92 Å². The fourth-order valence-electron chi connectivity index (χ4n) is 2.97. The normalized spacial score (nSPS) is 10.9. The molecule has 0 saturated carbocycles. The minimum atomic E-state index is -0.0894. The number of nitrogens with two attached hydrogens (primary N) is 1. The highest BCUT2D eigenvalue weighted by molar-refractivity contribution is 7.98. The summed E-state index contributed by atoms with van der Waals surface area (Å²) in [5, 5.41) is 12.2. The van der Waals surface area contributed by atoms with Crippen molar-refractivity contribution in [3.8, 4) is 11.4 Å². The van der Waals surface area contributed by atoms with Crippen LogP contribution < -0.4 is 10.7 Å². The molecule has 0 unspecified atom stereocenters. The Hall–Kier alpha value is -2.88. The van der Waals surface area contributed by atoms with Crippen molar-refractivity contribution in [3.05, 3.63) is 70.2 Å². The third-order valence-corrected chi connectivity index (χ3v) is 6.53. The molecule has 10 heteroatoms. The standard InChI is InChI=1S/C21H19ClN6OS2/c1-13-4-3-5-18(10-13)27(14(2)29)20-24-17(11-30-20)12-31-21-26-25-19(28(21)23)15-6-8-16(22)9-7-15/h3-11H,12,23H2,1-2H3. The smallest absolute Gasteiger partial charge is 0.230 e. The van der Waals surface area contributed by atoms with E-state index in [1.165, 1.54) is 34.7 Å². The van der Waals surface area contributed by atoms with Crippen LogP contribution in [0.5, 0.6) is 0 Å². The number of nitrogen functional groups attached to an aromatic ring is 1. The molecule has 0 aliphatic carbocycles. The van der Waals surface area contributed by atoms with Crippen molar-refractivity contribution in [3.63, 3.8) is 0 Å². The Balaban J connectivity index is 1.49. The number of benzene rings is 2. The molecule has 0 aliphatic heterocycles. The molecule has 2 N–H and O–H groups in total. The number of hydrogen-bond acceptors (Lipinski definition) is 7. The first kappa shape index (κ1) is 21.4. The van der Waals surface area contributed by atoms with E-state index in [0.717, 1.165) is 22.5 Å². The fraction of sp³-hybridized carbons (Fsp3) is 0.143. The molecular weight excluding hydrogens is 452 g/mol. The van der Waals surface area contributed by atoms with Crippen LogP contribution in [0.2, 0.25) is 5.02 Å². The van der Waals surface area contributed by atoms with Gasteiger partial charge in [0.1, 0.15) is 0 Å². The number of carbonyl (C=O) groups excluding carboxylic acids is 1. The van der Waals surface area contributed by atoms with E-state index in [9.17, 15) is 4.79 Å². The van der Waals surface area contributed by atoms with Crippen LogP contribution in [0.4, 0.5) is 10.8 Å². The summed E-state index contributed by atoms with van der Waals surface area (Å²) >= 11 is 8.80.